The van der Waals surface area contributed by atoms with Gasteiger partial charge in [-0.2, -0.15) is 0 Å². The van der Waals surface area contributed by atoms with Gasteiger partial charge in [0.1, 0.15) is 11.6 Å². The molecule has 2 amide bonds. The van der Waals surface area contributed by atoms with Gasteiger partial charge in [-0.15, -0.1) is 0 Å². The Morgan fingerprint density at radius 3 is 2.22 bits per heavy atom. The van der Waals surface area contributed by atoms with E-state index in [1.54, 1.807) is 43.5 Å². The number of aliphatic hydroxyl groups is 1. The monoisotopic (exact) mass is 490 g/mol. The third kappa shape index (κ3) is 11.4. The SMILES string of the molecule is COc1ccc(CCC(=O)N[C@H](CC(=O)[O-])C[C@H](O)CNC(=O)Cc2ccc(C(=N)N)cc2)cc1.[Li+]. The molecule has 2 atom stereocenters. The van der Waals surface area contributed by atoms with Crippen molar-refractivity contribution in [1.82, 2.24) is 10.6 Å². The van der Waals surface area contributed by atoms with Crippen LogP contribution in [-0.4, -0.2) is 54.5 Å². The molecule has 2 rings (SSSR count). The fraction of sp³-hybridized carbons (Fsp3) is 0.360. The fourth-order valence-electron chi connectivity index (χ4n) is 3.44. The van der Waals surface area contributed by atoms with Gasteiger partial charge in [-0.3, -0.25) is 15.0 Å². The number of carboxylic acids is 1. The van der Waals surface area contributed by atoms with E-state index in [-0.39, 0.29) is 62.3 Å². The van der Waals surface area contributed by atoms with E-state index in [0.29, 0.717) is 23.3 Å². The molecule has 188 valence electrons. The average molecular weight is 490 g/mol. The summed E-state index contributed by atoms with van der Waals surface area (Å²) in [7, 11) is 1.56. The van der Waals surface area contributed by atoms with Crippen molar-refractivity contribution in [3.63, 3.8) is 0 Å². The second-order valence-electron chi connectivity index (χ2n) is 8.17. The van der Waals surface area contributed by atoms with Crippen LogP contribution in [0.5, 0.6) is 5.75 Å². The van der Waals surface area contributed by atoms with E-state index >= 15 is 0 Å². The number of methoxy groups -OCH3 is 1. The summed E-state index contributed by atoms with van der Waals surface area (Å²) in [6.45, 7) is -0.102. The average Bonchev–Trinajstić information content (AvgIpc) is 2.81. The first kappa shape index (κ1) is 30.7. The predicted octanol–water partition coefficient (Wildman–Crippen LogP) is -3.35. The molecular formula is C25H31LiN4O6. The van der Waals surface area contributed by atoms with Crippen LogP contribution in [0.1, 0.15) is 36.0 Å². The maximum atomic E-state index is 12.3. The van der Waals surface area contributed by atoms with Crippen molar-refractivity contribution >= 4 is 23.6 Å². The smallest absolute Gasteiger partial charge is 0.550 e. The second-order valence-corrected chi connectivity index (χ2v) is 8.17. The first-order valence-electron chi connectivity index (χ1n) is 11.2. The Labute approximate surface area is 222 Å². The Morgan fingerprint density at radius 2 is 1.67 bits per heavy atom. The van der Waals surface area contributed by atoms with Gasteiger partial charge in [0.2, 0.25) is 11.8 Å². The molecule has 0 aliphatic heterocycles. The third-order valence-corrected chi connectivity index (χ3v) is 5.30. The van der Waals surface area contributed by atoms with Crippen LogP contribution in [0.4, 0.5) is 0 Å². The molecule has 0 heterocycles. The maximum Gasteiger partial charge on any atom is 1.00 e. The zero-order valence-electron chi connectivity index (χ0n) is 20.6. The molecule has 0 spiro atoms. The van der Waals surface area contributed by atoms with Crippen molar-refractivity contribution < 1.29 is 48.2 Å². The van der Waals surface area contributed by atoms with Crippen molar-refractivity contribution in [1.29, 1.82) is 5.41 Å². The number of hydrogen-bond donors (Lipinski definition) is 5. The number of aliphatic carboxylic acids is 1. The summed E-state index contributed by atoms with van der Waals surface area (Å²) in [4.78, 5) is 35.6. The second kappa shape index (κ2) is 15.6. The summed E-state index contributed by atoms with van der Waals surface area (Å²) in [5, 5.41) is 34.0. The standard InChI is InChI=1S/C25H32N4O6.Li/c1-35-21-9-4-16(5-10-21)6-11-22(31)29-19(14-24(33)34)13-20(30)15-28-23(32)12-17-2-7-18(8-3-17)25(26)27;/h2-5,7-10,19-20,30H,6,11-15H2,1H3,(H3,26,27)(H,28,32)(H,29,31)(H,33,34);/q;+1/p-1/t19-,20-;/m0./s1. The van der Waals surface area contributed by atoms with Gasteiger partial charge in [-0.05, 0) is 36.1 Å². The molecule has 0 unspecified atom stereocenters. The molecule has 0 aliphatic carbocycles. The van der Waals surface area contributed by atoms with Gasteiger partial charge in [0.25, 0.3) is 0 Å². The van der Waals surface area contributed by atoms with Gasteiger partial charge in [0.15, 0.2) is 0 Å². The van der Waals surface area contributed by atoms with Crippen LogP contribution in [0, 0.1) is 5.41 Å². The number of nitrogens with one attached hydrogen (secondary N) is 3. The topological polar surface area (TPSA) is 178 Å². The van der Waals surface area contributed by atoms with E-state index < -0.39 is 24.5 Å². The van der Waals surface area contributed by atoms with Crippen LogP contribution in [0.3, 0.4) is 0 Å². The van der Waals surface area contributed by atoms with E-state index in [2.05, 4.69) is 10.6 Å². The zero-order chi connectivity index (χ0) is 25.8. The van der Waals surface area contributed by atoms with Crippen molar-refractivity contribution in [2.75, 3.05) is 13.7 Å². The zero-order valence-corrected chi connectivity index (χ0v) is 20.6. The number of amidine groups is 1. The summed E-state index contributed by atoms with van der Waals surface area (Å²) < 4.78 is 5.10. The molecule has 0 radical (unpaired) electrons. The molecule has 11 heteroatoms. The van der Waals surface area contributed by atoms with Crippen LogP contribution in [0.25, 0.3) is 0 Å². The first-order chi connectivity index (χ1) is 16.7. The van der Waals surface area contributed by atoms with Crippen LogP contribution in [0.15, 0.2) is 48.5 Å². The Bertz CT molecular complexity index is 1010. The van der Waals surface area contributed by atoms with Gasteiger partial charge in [0.05, 0.1) is 19.6 Å². The van der Waals surface area contributed by atoms with Gasteiger partial charge in [-0.1, -0.05) is 36.4 Å². The van der Waals surface area contributed by atoms with Crippen molar-refractivity contribution in [2.45, 2.75) is 44.2 Å². The molecule has 0 fully saturated rings. The molecule has 0 aliphatic rings. The molecule has 0 saturated heterocycles. The maximum absolute atomic E-state index is 12.3. The largest absolute Gasteiger partial charge is 1.00 e. The first-order valence-corrected chi connectivity index (χ1v) is 11.2. The van der Waals surface area contributed by atoms with Gasteiger partial charge < -0.3 is 36.1 Å². The number of rotatable bonds is 14. The molecule has 6 N–H and O–H groups in total. The molecule has 2 aromatic carbocycles. The van der Waals surface area contributed by atoms with E-state index in [0.717, 1.165) is 5.56 Å². The number of carbonyl (C=O) groups is 3. The number of aryl methyl sites for hydroxylation is 1. The van der Waals surface area contributed by atoms with Gasteiger partial charge in [-0.25, -0.2) is 0 Å². The number of hydrogen-bond acceptors (Lipinski definition) is 7. The molecule has 0 bridgehead atoms. The van der Waals surface area contributed by atoms with Crippen molar-refractivity contribution in [3.8, 4) is 5.75 Å². The number of benzene rings is 2. The number of amides is 2. The summed E-state index contributed by atoms with van der Waals surface area (Å²) in [5.74, 6) is -1.39. The van der Waals surface area contributed by atoms with E-state index in [1.165, 1.54) is 0 Å². The fourth-order valence-corrected chi connectivity index (χ4v) is 3.44. The molecule has 0 saturated carbocycles. The number of nitrogens with two attached hydrogens (primary N) is 1. The molecular weight excluding hydrogens is 459 g/mol. The summed E-state index contributed by atoms with van der Waals surface area (Å²) in [6.07, 6.45) is -0.914. The van der Waals surface area contributed by atoms with Crippen LogP contribution in [0.2, 0.25) is 0 Å². The Kier molecular flexibility index (Phi) is 13.3. The minimum Gasteiger partial charge on any atom is -0.550 e. The number of aliphatic hydroxyl groups excluding tert-OH is 1. The van der Waals surface area contributed by atoms with Crippen LogP contribution in [-0.2, 0) is 27.2 Å². The van der Waals surface area contributed by atoms with E-state index in [1.807, 2.05) is 12.1 Å². The summed E-state index contributed by atoms with van der Waals surface area (Å²) in [6, 6.07) is 13.1. The Hall–Kier alpha value is -3.32. The number of ether oxygens (including phenoxy) is 1. The van der Waals surface area contributed by atoms with Crippen molar-refractivity contribution in [3.05, 3.63) is 65.2 Å². The predicted molar refractivity (Wildman–Crippen MR) is 128 cm³/mol. The van der Waals surface area contributed by atoms with E-state index in [4.69, 9.17) is 15.9 Å². The van der Waals surface area contributed by atoms with Gasteiger partial charge >= 0.3 is 18.9 Å². The number of nitrogen functional groups attached to an aromatic ring is 1. The van der Waals surface area contributed by atoms with Crippen LogP contribution >= 0.6 is 0 Å². The Balaban J connectivity index is 0.00000648. The Morgan fingerprint density at radius 1 is 1.06 bits per heavy atom. The minimum absolute atomic E-state index is 0. The number of carboxylic acid groups (broad SMARTS) is 1. The molecule has 10 nitrogen and oxygen atoms in total. The minimum atomic E-state index is -1.35. The normalized spacial score (nSPS) is 11.9. The van der Waals surface area contributed by atoms with Crippen molar-refractivity contribution in [2.24, 2.45) is 5.73 Å². The molecule has 0 aromatic heterocycles. The third-order valence-electron chi connectivity index (χ3n) is 5.30. The molecule has 2 aromatic rings. The van der Waals surface area contributed by atoms with Gasteiger partial charge in [0, 0.05) is 37.0 Å². The summed E-state index contributed by atoms with van der Waals surface area (Å²) >= 11 is 0. The molecule has 36 heavy (non-hydrogen) atoms. The van der Waals surface area contributed by atoms with Crippen LogP contribution < -0.4 is 45.1 Å². The summed E-state index contributed by atoms with van der Waals surface area (Å²) in [5.41, 5.74) is 7.59. The van der Waals surface area contributed by atoms with E-state index in [9.17, 15) is 24.6 Å². The number of carbonyl (C=O) groups excluding carboxylic acids is 3. The quantitative estimate of drug-likeness (QED) is 0.104.